The molecule has 0 spiro atoms. The molecule has 0 aromatic carbocycles. The highest BCUT2D eigenvalue weighted by Gasteiger charge is 2.71. The maximum atomic E-state index is 13.6. The molecule has 2 N–H and O–H groups in total. The lowest BCUT2D eigenvalue weighted by Gasteiger charge is -2.66. The summed E-state index contributed by atoms with van der Waals surface area (Å²) in [5, 5.41) is 22.3. The van der Waals surface area contributed by atoms with Crippen LogP contribution in [0.4, 0.5) is 8.78 Å². The SMILES string of the molecule is CCC1(OCCOC(=O)COC23CC4(O)CC(O)(C2)CC(OC(=O)C(C)(F)F)(C4)C3)C2CC3CC(C2)CC1C3. The van der Waals surface area contributed by atoms with E-state index in [9.17, 15) is 28.6 Å². The standard InChI is InChI=1S/C29H42F2O8/c1-3-29(20-7-18-6-19(9-20)10-21(29)8-18)37-5-4-36-22(32)11-38-27-13-25(34)12-26(35,14-27)16-28(15-25,17-27)39-23(33)24(2,30)31/h18-21,34-35H,3-17H2,1-2H3. The Bertz CT molecular complexity index is 962. The van der Waals surface area contributed by atoms with Crippen molar-refractivity contribution in [3.8, 4) is 0 Å². The fraction of sp³-hybridized carbons (Fsp3) is 0.931. The van der Waals surface area contributed by atoms with Crippen LogP contribution in [0, 0.1) is 23.7 Å². The molecule has 0 amide bonds. The number of halogens is 2. The molecule has 8 bridgehead atoms. The minimum absolute atomic E-state index is 0.0205. The van der Waals surface area contributed by atoms with E-state index in [0.29, 0.717) is 25.4 Å². The highest BCUT2D eigenvalue weighted by atomic mass is 19.3. The first-order chi connectivity index (χ1) is 18.2. The summed E-state index contributed by atoms with van der Waals surface area (Å²) in [5.41, 5.74) is -5.69. The first-order valence-electron chi connectivity index (χ1n) is 14.7. The van der Waals surface area contributed by atoms with Crippen LogP contribution >= 0.6 is 0 Å². The molecule has 8 saturated carbocycles. The number of carbonyl (C=O) groups excluding carboxylic acids is 2. The van der Waals surface area contributed by atoms with Crippen molar-refractivity contribution in [1.29, 1.82) is 0 Å². The van der Waals surface area contributed by atoms with Crippen LogP contribution < -0.4 is 0 Å². The molecule has 8 aliphatic rings. The second-order valence-corrected chi connectivity index (χ2v) is 14.1. The van der Waals surface area contributed by atoms with Crippen LogP contribution in [0.1, 0.15) is 90.9 Å². The molecule has 8 fully saturated rings. The maximum absolute atomic E-state index is 13.6. The minimum Gasteiger partial charge on any atom is -0.462 e. The second kappa shape index (κ2) is 9.07. The van der Waals surface area contributed by atoms with Gasteiger partial charge in [-0.05, 0) is 62.2 Å². The van der Waals surface area contributed by atoms with Crippen LogP contribution in [0.2, 0.25) is 0 Å². The molecule has 0 radical (unpaired) electrons. The number of esters is 2. The molecule has 0 aromatic heterocycles. The summed E-state index contributed by atoms with van der Waals surface area (Å²) in [6.45, 7) is 2.65. The monoisotopic (exact) mass is 556 g/mol. The minimum atomic E-state index is -3.71. The van der Waals surface area contributed by atoms with E-state index in [4.69, 9.17) is 18.9 Å². The summed E-state index contributed by atoms with van der Waals surface area (Å²) in [4.78, 5) is 24.7. The van der Waals surface area contributed by atoms with Crippen molar-refractivity contribution >= 4 is 11.9 Å². The number of hydrogen-bond acceptors (Lipinski definition) is 8. The van der Waals surface area contributed by atoms with Gasteiger partial charge in [0.2, 0.25) is 0 Å². The van der Waals surface area contributed by atoms with Gasteiger partial charge in [0.25, 0.3) is 0 Å². The Labute approximate surface area is 228 Å². The van der Waals surface area contributed by atoms with E-state index in [1.54, 1.807) is 0 Å². The maximum Gasteiger partial charge on any atom is 0.377 e. The van der Waals surface area contributed by atoms with Gasteiger partial charge in [-0.2, -0.15) is 8.78 Å². The molecule has 0 aromatic rings. The van der Waals surface area contributed by atoms with Crippen LogP contribution in [-0.4, -0.2) is 75.9 Å². The smallest absolute Gasteiger partial charge is 0.377 e. The van der Waals surface area contributed by atoms with Gasteiger partial charge < -0.3 is 29.2 Å². The van der Waals surface area contributed by atoms with Gasteiger partial charge in [-0.1, -0.05) is 6.92 Å². The number of alkyl halides is 2. The predicted molar refractivity (Wildman–Crippen MR) is 133 cm³/mol. The van der Waals surface area contributed by atoms with Gasteiger partial charge in [0.1, 0.15) is 18.8 Å². The fourth-order valence-corrected chi connectivity index (χ4v) is 10.4. The Morgan fingerprint density at radius 1 is 0.821 bits per heavy atom. The van der Waals surface area contributed by atoms with E-state index >= 15 is 0 Å². The lowest BCUT2D eigenvalue weighted by Crippen LogP contribution is -2.73. The zero-order valence-electron chi connectivity index (χ0n) is 23.0. The van der Waals surface area contributed by atoms with Crippen molar-refractivity contribution in [2.45, 2.75) is 125 Å². The Kier molecular flexibility index (Phi) is 6.46. The quantitative estimate of drug-likeness (QED) is 0.310. The lowest BCUT2D eigenvalue weighted by molar-refractivity contribution is -0.313. The normalized spacial score (nSPS) is 47.4. The van der Waals surface area contributed by atoms with E-state index < -0.39 is 46.9 Å². The van der Waals surface area contributed by atoms with Gasteiger partial charge in [0.15, 0.2) is 0 Å². The summed E-state index contributed by atoms with van der Waals surface area (Å²) < 4.78 is 50.4. The van der Waals surface area contributed by atoms with Crippen LogP contribution in [0.25, 0.3) is 0 Å². The number of ether oxygens (including phenoxy) is 4. The van der Waals surface area contributed by atoms with Crippen molar-refractivity contribution in [2.24, 2.45) is 23.7 Å². The van der Waals surface area contributed by atoms with Crippen molar-refractivity contribution < 1.29 is 47.5 Å². The van der Waals surface area contributed by atoms with Crippen molar-refractivity contribution in [1.82, 2.24) is 0 Å². The van der Waals surface area contributed by atoms with Crippen LogP contribution in [0.3, 0.4) is 0 Å². The number of carbonyl (C=O) groups is 2. The van der Waals surface area contributed by atoms with E-state index in [1.165, 1.54) is 32.1 Å². The number of aliphatic hydroxyl groups is 2. The summed E-state index contributed by atoms with van der Waals surface area (Å²) in [6.07, 6.45) is 7.46. The third kappa shape index (κ3) is 4.91. The zero-order chi connectivity index (χ0) is 27.9. The summed E-state index contributed by atoms with van der Waals surface area (Å²) >= 11 is 0. The van der Waals surface area contributed by atoms with Gasteiger partial charge in [0, 0.05) is 45.4 Å². The molecule has 220 valence electrons. The third-order valence-corrected chi connectivity index (χ3v) is 10.9. The molecule has 2 unspecified atom stereocenters. The highest BCUT2D eigenvalue weighted by molar-refractivity contribution is 5.77. The first-order valence-corrected chi connectivity index (χ1v) is 14.7. The van der Waals surface area contributed by atoms with E-state index in [0.717, 1.165) is 18.3 Å². The van der Waals surface area contributed by atoms with E-state index in [2.05, 4.69) is 6.92 Å². The average Bonchev–Trinajstić information content (AvgIpc) is 2.79. The molecule has 0 aliphatic heterocycles. The largest absolute Gasteiger partial charge is 0.462 e. The predicted octanol–water partition coefficient (Wildman–Crippen LogP) is 3.69. The first kappa shape index (κ1) is 27.8. The van der Waals surface area contributed by atoms with Gasteiger partial charge >= 0.3 is 17.9 Å². The topological polar surface area (TPSA) is 112 Å². The van der Waals surface area contributed by atoms with Crippen LogP contribution in [0.5, 0.6) is 0 Å². The summed E-state index contributed by atoms with van der Waals surface area (Å²) in [5.74, 6) is -3.16. The van der Waals surface area contributed by atoms with Gasteiger partial charge in [-0.15, -0.1) is 0 Å². The zero-order valence-corrected chi connectivity index (χ0v) is 23.0. The van der Waals surface area contributed by atoms with Gasteiger partial charge in [-0.25, -0.2) is 9.59 Å². The average molecular weight is 557 g/mol. The van der Waals surface area contributed by atoms with E-state index in [-0.39, 0.29) is 50.7 Å². The summed E-state index contributed by atoms with van der Waals surface area (Å²) in [6, 6.07) is 0. The van der Waals surface area contributed by atoms with Gasteiger partial charge in [-0.3, -0.25) is 0 Å². The summed E-state index contributed by atoms with van der Waals surface area (Å²) in [7, 11) is 0. The molecular formula is C29H42F2O8. The molecule has 0 saturated heterocycles. The Balaban J connectivity index is 1.04. The lowest BCUT2D eigenvalue weighted by atomic mass is 9.48. The molecule has 2 atom stereocenters. The van der Waals surface area contributed by atoms with E-state index in [1.807, 2.05) is 0 Å². The molecule has 8 aliphatic carbocycles. The Morgan fingerprint density at radius 3 is 1.92 bits per heavy atom. The molecule has 0 heterocycles. The van der Waals surface area contributed by atoms with Crippen molar-refractivity contribution in [2.75, 3.05) is 19.8 Å². The highest BCUT2D eigenvalue weighted by Crippen LogP contribution is 2.64. The Morgan fingerprint density at radius 2 is 1.38 bits per heavy atom. The second-order valence-electron chi connectivity index (χ2n) is 14.1. The molecule has 8 rings (SSSR count). The number of rotatable bonds is 10. The molecule has 39 heavy (non-hydrogen) atoms. The fourth-order valence-electron chi connectivity index (χ4n) is 10.4. The van der Waals surface area contributed by atoms with Crippen LogP contribution in [0.15, 0.2) is 0 Å². The molecule has 8 nitrogen and oxygen atoms in total. The van der Waals surface area contributed by atoms with Crippen molar-refractivity contribution in [3.63, 3.8) is 0 Å². The number of hydrogen-bond donors (Lipinski definition) is 2. The van der Waals surface area contributed by atoms with Crippen LogP contribution in [-0.2, 0) is 28.5 Å². The van der Waals surface area contributed by atoms with Gasteiger partial charge in [0.05, 0.1) is 29.0 Å². The molecule has 10 heteroatoms. The van der Waals surface area contributed by atoms with Crippen molar-refractivity contribution in [3.05, 3.63) is 0 Å². The Hall–Kier alpha value is -1.36. The third-order valence-electron chi connectivity index (χ3n) is 10.9. The molecular weight excluding hydrogens is 514 g/mol.